The van der Waals surface area contributed by atoms with Gasteiger partial charge in [-0.2, -0.15) is 0 Å². The lowest BCUT2D eigenvalue weighted by Crippen LogP contribution is -2.29. The van der Waals surface area contributed by atoms with E-state index in [9.17, 15) is 9.59 Å². The summed E-state index contributed by atoms with van der Waals surface area (Å²) in [5.74, 6) is -2.23. The molecule has 6 nitrogen and oxygen atoms in total. The maximum Gasteiger partial charge on any atom is 0.322 e. The first-order chi connectivity index (χ1) is 11.9. The smallest absolute Gasteiger partial charge is 0.322 e. The zero-order valence-electron chi connectivity index (χ0n) is 14.5. The summed E-state index contributed by atoms with van der Waals surface area (Å²) in [5.41, 5.74) is 1.91. The molecule has 0 aliphatic heterocycles. The first-order valence-corrected chi connectivity index (χ1v) is 6.61. The zero-order chi connectivity index (χ0) is 18.6. The molecule has 1 aromatic carbocycles. The molecular formula is C15H13ClN2O4. The molecule has 0 saturated heterocycles. The molecule has 0 bridgehead atoms. The van der Waals surface area contributed by atoms with Gasteiger partial charge in [0.05, 0.1) is 0 Å². The van der Waals surface area contributed by atoms with E-state index in [2.05, 4.69) is 15.2 Å². The van der Waals surface area contributed by atoms with Crippen LogP contribution in [0, 0.1) is 6.92 Å². The molecule has 3 N–H and O–H groups in total. The van der Waals surface area contributed by atoms with Crippen molar-refractivity contribution in [2.24, 2.45) is 0 Å². The van der Waals surface area contributed by atoms with Crippen LogP contribution in [-0.2, 0) is 4.79 Å². The number of hydrogen-bond acceptors (Lipinski definition) is 5. The molecule has 1 heterocycles. The first-order valence-electron chi connectivity index (χ1n) is 7.50. The molecule has 0 fully saturated rings. The Hall–Kier alpha value is -2.60. The van der Waals surface area contributed by atoms with Crippen LogP contribution in [0.5, 0.6) is 5.75 Å². The number of carbonyl (C=O) groups excluding carboxylic acids is 1. The minimum atomic E-state index is -1.08. The van der Waals surface area contributed by atoms with Crippen molar-refractivity contribution in [2.45, 2.75) is 6.92 Å². The van der Waals surface area contributed by atoms with Crippen molar-refractivity contribution in [2.75, 3.05) is 6.54 Å². The number of halogens is 1. The molecule has 0 spiro atoms. The topological polar surface area (TPSA) is 99.5 Å². The predicted molar refractivity (Wildman–Crippen MR) is 81.1 cm³/mol. The molecule has 2 aromatic rings. The number of benzene rings is 1. The molecule has 0 unspecified atom stereocenters. The number of aryl methyl sites for hydroxylation is 1. The van der Waals surface area contributed by atoms with E-state index in [1.807, 2.05) is 13.0 Å². The lowest BCUT2D eigenvalue weighted by molar-refractivity contribution is -0.135. The third kappa shape index (κ3) is 3.53. The van der Waals surface area contributed by atoms with Crippen LogP contribution in [0.25, 0.3) is 12.6 Å². The van der Waals surface area contributed by atoms with Gasteiger partial charge in [-0.25, -0.2) is 4.98 Å². The second-order valence-corrected chi connectivity index (χ2v) is 4.96. The van der Waals surface area contributed by atoms with Crippen LogP contribution in [0.15, 0.2) is 30.5 Å². The second-order valence-electron chi connectivity index (χ2n) is 4.52. The van der Waals surface area contributed by atoms with Crippen LogP contribution in [0.1, 0.15) is 16.1 Å². The average molecular weight is 324 g/mol. The Morgan fingerprint density at radius 2 is 2.27 bits per heavy atom. The standard InChI is InChI=1S/C15H13ClN2O4/c1-8-2-3-10(16)5-11(8)9-4-12(19)14(17-6-9)15(22)18-7-13(20)21/h2-6,19H,7H2,1H3,(H,18,22)(H,20,21)/i/hD3. The van der Waals surface area contributed by atoms with Crippen molar-refractivity contribution in [3.63, 3.8) is 0 Å². The number of carboxylic acids is 1. The number of rotatable bonds is 5. The zero-order valence-corrected chi connectivity index (χ0v) is 12.3. The fourth-order valence-corrected chi connectivity index (χ4v) is 2.04. The van der Waals surface area contributed by atoms with Crippen molar-refractivity contribution >= 4 is 23.5 Å². The fourth-order valence-electron chi connectivity index (χ4n) is 1.87. The molecular weight excluding hydrogens is 308 g/mol. The predicted octanol–water partition coefficient (Wildman–Crippen LogP) is 2.23. The molecule has 0 aliphatic carbocycles. The summed E-state index contributed by atoms with van der Waals surface area (Å²) >= 11 is 5.99. The highest BCUT2D eigenvalue weighted by atomic mass is 35.5. The van der Waals surface area contributed by atoms with E-state index >= 15 is 0 Å². The van der Waals surface area contributed by atoms with Crippen molar-refractivity contribution in [1.29, 1.82) is 2.86 Å². The lowest BCUT2D eigenvalue weighted by atomic mass is 10.0. The Labute approximate surface area is 135 Å². The normalized spacial score (nSPS) is 11.8. The number of carboxylic acid groups (broad SMARTS) is 1. The van der Waals surface area contributed by atoms with E-state index in [0.29, 0.717) is 10.6 Å². The Kier molecular flexibility index (Phi) is 3.51. The van der Waals surface area contributed by atoms with Gasteiger partial charge in [0.2, 0.25) is 0 Å². The van der Waals surface area contributed by atoms with Gasteiger partial charge in [-0.1, -0.05) is 17.7 Å². The highest BCUT2D eigenvalue weighted by molar-refractivity contribution is 6.30. The number of aromatic hydroxyl groups is 1. The molecule has 2 rings (SSSR count). The molecule has 0 radical (unpaired) electrons. The summed E-state index contributed by atoms with van der Waals surface area (Å²) in [4.78, 5) is 27.1. The first kappa shape index (κ1) is 12.0. The highest BCUT2D eigenvalue weighted by Crippen LogP contribution is 2.29. The van der Waals surface area contributed by atoms with Gasteiger partial charge in [-0.05, 0) is 36.2 Å². The molecule has 114 valence electrons. The summed E-state index contributed by atoms with van der Waals surface area (Å²) in [6.45, 7) is 1.11. The van der Waals surface area contributed by atoms with E-state index in [4.69, 9.17) is 15.9 Å². The Morgan fingerprint density at radius 1 is 1.45 bits per heavy atom. The van der Waals surface area contributed by atoms with E-state index in [1.54, 1.807) is 12.1 Å². The van der Waals surface area contributed by atoms with Crippen molar-refractivity contribution in [3.05, 3.63) is 46.7 Å². The second kappa shape index (κ2) is 6.44. The van der Waals surface area contributed by atoms with Crippen LogP contribution >= 0.6 is 11.6 Å². The minimum Gasteiger partial charge on any atom is -0.505 e. The molecule has 0 atom stereocenters. The summed E-state index contributed by atoms with van der Waals surface area (Å²) in [7, 11) is 0. The van der Waals surface area contributed by atoms with Gasteiger partial charge in [-0.3, -0.25) is 9.59 Å². The Morgan fingerprint density at radius 3 is 3.00 bits per heavy atom. The summed E-state index contributed by atoms with van der Waals surface area (Å²) in [5, 5.41) is 8.90. The summed E-state index contributed by atoms with van der Waals surface area (Å²) < 4.78 is 21.1. The van der Waals surface area contributed by atoms with E-state index in [1.165, 1.54) is 12.3 Å². The third-order valence-electron chi connectivity index (χ3n) is 2.92. The van der Waals surface area contributed by atoms with Gasteiger partial charge in [0.1, 0.15) is 12.3 Å². The van der Waals surface area contributed by atoms with Gasteiger partial charge in [0.25, 0.3) is 8.77 Å². The highest BCUT2D eigenvalue weighted by Gasteiger charge is 2.15. The lowest BCUT2D eigenvalue weighted by Gasteiger charge is -2.09. The van der Waals surface area contributed by atoms with Crippen LogP contribution in [0.2, 0.25) is 6.43 Å². The maximum absolute atomic E-state index is 12.2. The van der Waals surface area contributed by atoms with E-state index in [0.717, 1.165) is 11.1 Å². The van der Waals surface area contributed by atoms with Crippen LogP contribution in [0.3, 0.4) is 0 Å². The largest absolute Gasteiger partial charge is 0.505 e. The molecule has 0 saturated carbocycles. The quantitative estimate of drug-likeness (QED) is 0.783. The van der Waals surface area contributed by atoms with Gasteiger partial charge < -0.3 is 15.5 Å². The average Bonchev–Trinajstić information content (AvgIpc) is 2.62. The summed E-state index contributed by atoms with van der Waals surface area (Å²) in [6, 6.07) is 6.68. The van der Waals surface area contributed by atoms with Gasteiger partial charge >= 0.3 is 5.97 Å². The Bertz CT molecular complexity index is 819. The van der Waals surface area contributed by atoms with Crippen LogP contribution < -0.4 is 5.31 Å². The molecule has 7 heteroatoms. The number of aromatic nitrogens is 1. The number of pyridine rings is 1. The van der Waals surface area contributed by atoms with Crippen LogP contribution in [-0.4, -0.2) is 35.1 Å². The van der Waals surface area contributed by atoms with Crippen LogP contribution in [0.4, 0.5) is 0 Å². The number of nitrogens with one attached hydrogen (secondary N) is 1. The van der Waals surface area contributed by atoms with Gasteiger partial charge in [0.15, 0.2) is 7.11 Å². The van der Waals surface area contributed by atoms with Crippen molar-refractivity contribution < 1.29 is 21.2 Å². The maximum atomic E-state index is 12.2. The minimum absolute atomic E-state index is 0.182. The monoisotopic (exact) mass is 323 g/mol. The van der Waals surface area contributed by atoms with E-state index < -0.39 is 18.4 Å². The molecule has 22 heavy (non-hydrogen) atoms. The van der Waals surface area contributed by atoms with Gasteiger partial charge in [0, 0.05) is 16.8 Å². The Balaban J connectivity index is 2.38. The number of carbonyl (C=O) groups is 2. The molecule has 1 aromatic heterocycles. The third-order valence-corrected chi connectivity index (χ3v) is 3.15. The number of amides is 1. The molecule has 1 amide bonds. The van der Waals surface area contributed by atoms with Crippen molar-refractivity contribution in [1.82, 2.24) is 10.3 Å². The molecule has 0 aliphatic rings. The SMILES string of the molecule is [2H]OC(=O)CN([2H])C(=O)c1ncc(-c2cc(Cl)ccc2C)cc1O[2H]. The number of hydrogen-bond donors (Lipinski definition) is 3. The number of nitrogens with zero attached hydrogens (tertiary/aromatic N) is 1. The van der Waals surface area contributed by atoms with Gasteiger partial charge in [-0.15, -0.1) is 0 Å². The fraction of sp³-hybridized carbons (Fsp3) is 0.133. The van der Waals surface area contributed by atoms with Crippen molar-refractivity contribution in [3.8, 4) is 16.9 Å². The summed E-state index contributed by atoms with van der Waals surface area (Å²) in [6.07, 6.45) is 1.38. The van der Waals surface area contributed by atoms with E-state index in [-0.39, 0.29) is 16.8 Å². The number of aliphatic carboxylic acids is 1.